The first-order valence-electron chi connectivity index (χ1n) is 20.9. The topological polar surface area (TPSA) is 43.6 Å². The zero-order chi connectivity index (χ0) is 40.7. The Bertz CT molecular complexity index is 3920. The van der Waals surface area contributed by atoms with E-state index in [9.17, 15) is 0 Å². The summed E-state index contributed by atoms with van der Waals surface area (Å²) < 4.78 is 4.92. The lowest BCUT2D eigenvalue weighted by Gasteiger charge is -2.19. The number of nitrogens with zero attached hydrogens (tertiary/aromatic N) is 4. The van der Waals surface area contributed by atoms with Crippen molar-refractivity contribution >= 4 is 85.6 Å². The number of thiophene rings is 1. The van der Waals surface area contributed by atoms with Crippen molar-refractivity contribution in [2.24, 2.45) is 0 Å². The minimum atomic E-state index is 0.632. The van der Waals surface area contributed by atoms with Gasteiger partial charge in [0.2, 0.25) is 0 Å². The minimum Gasteiger partial charge on any atom is -0.308 e. The van der Waals surface area contributed by atoms with E-state index < -0.39 is 0 Å². The van der Waals surface area contributed by atoms with Crippen LogP contribution in [-0.4, -0.2) is 19.5 Å². The number of hydrogen-bond acceptors (Lipinski definition) is 4. The van der Waals surface area contributed by atoms with Crippen molar-refractivity contribution in [2.75, 3.05) is 0 Å². The molecule has 0 radical (unpaired) electrons. The van der Waals surface area contributed by atoms with Crippen molar-refractivity contribution in [2.45, 2.75) is 0 Å². The van der Waals surface area contributed by atoms with Crippen LogP contribution in [0.5, 0.6) is 0 Å². The number of hydrogen-bond donors (Lipinski definition) is 0. The standard InChI is InChI=1S/C57H34N4S/c1-3-15-35(16-4-1)40-24-13-25-43-46(56-58-55(37-18-5-2-6-19-37)59-57(60-56)47-27-14-26-45-42-23-11-12-28-51(42)62-54(45)47)31-32-49(52(40)43)61-50-34-39-21-8-7-20-38(39)33-48(50)44-30-29-36-17-9-10-22-41(36)53(44)61/h1-34H. The second-order valence-corrected chi connectivity index (χ2v) is 17.0. The van der Waals surface area contributed by atoms with Gasteiger partial charge < -0.3 is 4.57 Å². The molecule has 0 spiro atoms. The Morgan fingerprint density at radius 3 is 1.77 bits per heavy atom. The molecule has 3 heterocycles. The van der Waals surface area contributed by atoms with E-state index in [4.69, 9.17) is 15.0 Å². The third kappa shape index (κ3) is 5.35. The van der Waals surface area contributed by atoms with Crippen LogP contribution in [-0.2, 0) is 0 Å². The Kier molecular flexibility index (Phi) is 7.74. The van der Waals surface area contributed by atoms with E-state index in [-0.39, 0.29) is 0 Å². The maximum absolute atomic E-state index is 5.42. The molecule has 5 heteroatoms. The van der Waals surface area contributed by atoms with Crippen LogP contribution in [0.2, 0.25) is 0 Å². The molecule has 0 aliphatic carbocycles. The molecule has 0 bridgehead atoms. The van der Waals surface area contributed by atoms with Crippen LogP contribution in [0.4, 0.5) is 0 Å². The van der Waals surface area contributed by atoms with Gasteiger partial charge in [-0.05, 0) is 69.1 Å². The maximum atomic E-state index is 5.42. The second-order valence-electron chi connectivity index (χ2n) is 15.9. The van der Waals surface area contributed by atoms with Crippen molar-refractivity contribution < 1.29 is 0 Å². The van der Waals surface area contributed by atoms with Crippen molar-refractivity contribution in [3.05, 3.63) is 206 Å². The van der Waals surface area contributed by atoms with E-state index in [1.54, 1.807) is 11.3 Å². The minimum absolute atomic E-state index is 0.632. The first-order valence-corrected chi connectivity index (χ1v) is 21.8. The molecule has 0 saturated carbocycles. The number of rotatable bonds is 5. The highest BCUT2D eigenvalue weighted by molar-refractivity contribution is 7.26. The van der Waals surface area contributed by atoms with Gasteiger partial charge in [0.1, 0.15) is 0 Å². The molecular formula is C57H34N4S. The zero-order valence-electron chi connectivity index (χ0n) is 33.3. The predicted molar refractivity (Wildman–Crippen MR) is 261 cm³/mol. The first-order chi connectivity index (χ1) is 30.7. The lowest BCUT2D eigenvalue weighted by molar-refractivity contribution is 1.08. The van der Waals surface area contributed by atoms with Crippen molar-refractivity contribution in [3.8, 4) is 51.0 Å². The molecule has 62 heavy (non-hydrogen) atoms. The van der Waals surface area contributed by atoms with Gasteiger partial charge in [0.05, 0.1) is 16.7 Å². The Balaban J connectivity index is 1.14. The summed E-state index contributed by atoms with van der Waals surface area (Å²) in [6.07, 6.45) is 0. The summed E-state index contributed by atoms with van der Waals surface area (Å²) in [4.78, 5) is 16.0. The Hall–Kier alpha value is -7.99. The molecule has 288 valence electrons. The molecule has 3 aromatic heterocycles. The SMILES string of the molecule is c1ccc(-c2nc(-c3ccc(-n4c5cc6ccccc6cc5c5ccc6ccccc6c54)c4c(-c5ccccc5)cccc34)nc(-c3cccc4c3sc3ccccc34)n2)cc1. The summed E-state index contributed by atoms with van der Waals surface area (Å²) in [5, 5.41) is 12.0. The summed E-state index contributed by atoms with van der Waals surface area (Å²) in [7, 11) is 0. The molecule has 0 aliphatic rings. The lowest BCUT2D eigenvalue weighted by Crippen LogP contribution is -2.02. The third-order valence-electron chi connectivity index (χ3n) is 12.4. The van der Waals surface area contributed by atoms with Crippen LogP contribution in [0, 0.1) is 0 Å². The zero-order valence-corrected chi connectivity index (χ0v) is 34.1. The smallest absolute Gasteiger partial charge is 0.165 e. The lowest BCUT2D eigenvalue weighted by atomic mass is 9.93. The Labute approximate surface area is 360 Å². The monoisotopic (exact) mass is 806 g/mol. The fraction of sp³-hybridized carbons (Fsp3) is 0. The Morgan fingerprint density at radius 1 is 0.355 bits per heavy atom. The largest absolute Gasteiger partial charge is 0.308 e. The molecule has 4 nitrogen and oxygen atoms in total. The van der Waals surface area contributed by atoms with Crippen molar-refractivity contribution in [1.82, 2.24) is 19.5 Å². The fourth-order valence-electron chi connectivity index (χ4n) is 9.60. The number of benzene rings is 10. The highest BCUT2D eigenvalue weighted by Gasteiger charge is 2.23. The molecule has 0 amide bonds. The summed E-state index contributed by atoms with van der Waals surface area (Å²) in [6, 6.07) is 74.0. The van der Waals surface area contributed by atoms with Crippen molar-refractivity contribution in [3.63, 3.8) is 0 Å². The summed E-state index contributed by atoms with van der Waals surface area (Å²) >= 11 is 1.79. The van der Waals surface area contributed by atoms with E-state index in [0.717, 1.165) is 49.8 Å². The molecule has 0 unspecified atom stereocenters. The van der Waals surface area contributed by atoms with E-state index in [0.29, 0.717) is 17.5 Å². The van der Waals surface area contributed by atoms with Gasteiger partial charge in [-0.25, -0.2) is 15.0 Å². The van der Waals surface area contributed by atoms with Gasteiger partial charge >= 0.3 is 0 Å². The van der Waals surface area contributed by atoms with Gasteiger partial charge in [-0.2, -0.15) is 0 Å². The van der Waals surface area contributed by atoms with Crippen LogP contribution in [0.15, 0.2) is 206 Å². The third-order valence-corrected chi connectivity index (χ3v) is 13.6. The van der Waals surface area contributed by atoms with Crippen LogP contribution in [0.1, 0.15) is 0 Å². The molecule has 0 fully saturated rings. The van der Waals surface area contributed by atoms with E-state index in [1.807, 2.05) is 18.2 Å². The van der Waals surface area contributed by atoms with Gasteiger partial charge in [0.15, 0.2) is 17.5 Å². The molecule has 13 rings (SSSR count). The molecular weight excluding hydrogens is 773 g/mol. The highest BCUT2D eigenvalue weighted by Crippen LogP contribution is 2.45. The fourth-order valence-corrected chi connectivity index (χ4v) is 10.8. The van der Waals surface area contributed by atoms with Crippen LogP contribution in [0.3, 0.4) is 0 Å². The quantitative estimate of drug-likeness (QED) is 0.174. The predicted octanol–water partition coefficient (Wildman–Crippen LogP) is 15.5. The number of fused-ring (bicyclic) bond motifs is 10. The van der Waals surface area contributed by atoms with Crippen LogP contribution >= 0.6 is 11.3 Å². The molecule has 0 atom stereocenters. The average Bonchev–Trinajstić information content (AvgIpc) is 3.89. The average molecular weight is 807 g/mol. The molecule has 0 aliphatic heterocycles. The summed E-state index contributed by atoms with van der Waals surface area (Å²) in [5.74, 6) is 1.93. The molecule has 10 aromatic carbocycles. The molecule has 0 N–H and O–H groups in total. The van der Waals surface area contributed by atoms with Crippen LogP contribution < -0.4 is 0 Å². The van der Waals surface area contributed by atoms with Crippen LogP contribution in [0.25, 0.3) is 125 Å². The van der Waals surface area contributed by atoms with Gasteiger partial charge in [-0.1, -0.05) is 170 Å². The van der Waals surface area contributed by atoms with E-state index >= 15 is 0 Å². The molecule has 13 aromatic rings. The second kappa shape index (κ2) is 13.8. The summed E-state index contributed by atoms with van der Waals surface area (Å²) in [5.41, 5.74) is 8.63. The van der Waals surface area contributed by atoms with Gasteiger partial charge in [-0.3, -0.25) is 0 Å². The van der Waals surface area contributed by atoms with Crippen molar-refractivity contribution in [1.29, 1.82) is 0 Å². The number of aromatic nitrogens is 4. The van der Waals surface area contributed by atoms with Gasteiger partial charge in [-0.15, -0.1) is 11.3 Å². The Morgan fingerprint density at radius 2 is 0.968 bits per heavy atom. The van der Waals surface area contributed by atoms with Gasteiger partial charge in [0.25, 0.3) is 0 Å². The first kappa shape index (κ1) is 34.8. The van der Waals surface area contributed by atoms with E-state index in [1.165, 1.54) is 58.0 Å². The van der Waals surface area contributed by atoms with Gasteiger partial charge in [0, 0.05) is 58.4 Å². The highest BCUT2D eigenvalue weighted by atomic mass is 32.1. The normalized spacial score (nSPS) is 11.9. The molecule has 0 saturated heterocycles. The summed E-state index contributed by atoms with van der Waals surface area (Å²) in [6.45, 7) is 0. The van der Waals surface area contributed by atoms with E-state index in [2.05, 4.69) is 193 Å². The maximum Gasteiger partial charge on any atom is 0.165 e.